The number of hydrogen-bond acceptors (Lipinski definition) is 4. The molecular formula is C22H21FN4O2S. The third kappa shape index (κ3) is 4.49. The van der Waals surface area contributed by atoms with Crippen LogP contribution in [0.25, 0.3) is 0 Å². The third-order valence-electron chi connectivity index (χ3n) is 4.84. The molecule has 3 amide bonds. The van der Waals surface area contributed by atoms with E-state index in [1.807, 2.05) is 31.2 Å². The highest BCUT2D eigenvalue weighted by Crippen LogP contribution is 2.26. The molecule has 2 aromatic carbocycles. The summed E-state index contributed by atoms with van der Waals surface area (Å²) in [6.45, 7) is 3.03. The molecule has 0 aliphatic carbocycles. The molecule has 154 valence electrons. The normalized spacial score (nSPS) is 13.8. The van der Waals surface area contributed by atoms with Gasteiger partial charge in [0.25, 0.3) is 5.91 Å². The van der Waals surface area contributed by atoms with E-state index in [2.05, 4.69) is 15.6 Å². The van der Waals surface area contributed by atoms with Crippen LogP contribution in [0, 0.1) is 12.7 Å². The van der Waals surface area contributed by atoms with Crippen molar-refractivity contribution in [3.05, 3.63) is 75.5 Å². The highest BCUT2D eigenvalue weighted by molar-refractivity contribution is 7.09. The molecule has 2 N–H and O–H groups in total. The van der Waals surface area contributed by atoms with Crippen molar-refractivity contribution in [3.8, 4) is 0 Å². The fraction of sp³-hybridized carbons (Fsp3) is 0.227. The van der Waals surface area contributed by atoms with Crippen LogP contribution in [0.5, 0.6) is 0 Å². The van der Waals surface area contributed by atoms with Crippen LogP contribution in [0.2, 0.25) is 0 Å². The Bertz CT molecular complexity index is 1080. The highest BCUT2D eigenvalue weighted by Gasteiger charge is 2.23. The van der Waals surface area contributed by atoms with Crippen molar-refractivity contribution < 1.29 is 14.0 Å². The zero-order valence-corrected chi connectivity index (χ0v) is 17.3. The minimum atomic E-state index is -0.515. The van der Waals surface area contributed by atoms with Gasteiger partial charge < -0.3 is 10.6 Å². The quantitative estimate of drug-likeness (QED) is 0.639. The molecule has 1 fully saturated rings. The first-order valence-corrected chi connectivity index (χ1v) is 10.5. The van der Waals surface area contributed by atoms with Gasteiger partial charge in [-0.25, -0.2) is 14.2 Å². The number of aromatic nitrogens is 1. The molecule has 0 spiro atoms. The van der Waals surface area contributed by atoms with Crippen molar-refractivity contribution >= 4 is 34.6 Å². The molecular weight excluding hydrogens is 403 g/mol. The van der Waals surface area contributed by atoms with Gasteiger partial charge in [-0.1, -0.05) is 29.8 Å². The molecule has 0 unspecified atom stereocenters. The number of nitrogens with one attached hydrogen (secondary N) is 2. The van der Waals surface area contributed by atoms with Gasteiger partial charge in [-0.05, 0) is 37.1 Å². The van der Waals surface area contributed by atoms with Crippen LogP contribution in [-0.4, -0.2) is 30.0 Å². The number of benzene rings is 2. The van der Waals surface area contributed by atoms with Crippen molar-refractivity contribution in [2.24, 2.45) is 0 Å². The van der Waals surface area contributed by atoms with Crippen LogP contribution >= 0.6 is 11.3 Å². The number of anilines is 2. The molecule has 0 saturated carbocycles. The van der Waals surface area contributed by atoms with E-state index in [1.165, 1.54) is 40.0 Å². The van der Waals surface area contributed by atoms with Crippen LogP contribution in [0.1, 0.15) is 33.0 Å². The monoisotopic (exact) mass is 424 g/mol. The predicted octanol–water partition coefficient (Wildman–Crippen LogP) is 4.35. The topological polar surface area (TPSA) is 74.3 Å². The van der Waals surface area contributed by atoms with E-state index in [0.717, 1.165) is 17.0 Å². The summed E-state index contributed by atoms with van der Waals surface area (Å²) in [7, 11) is 0. The number of halogens is 1. The second-order valence-corrected chi connectivity index (χ2v) is 8.09. The number of amides is 3. The fourth-order valence-corrected chi connectivity index (χ4v) is 4.04. The van der Waals surface area contributed by atoms with E-state index in [-0.39, 0.29) is 17.6 Å². The summed E-state index contributed by atoms with van der Waals surface area (Å²) in [6, 6.07) is 12.0. The SMILES string of the molecule is Cc1ccc(Cc2nc(C(=O)Nc3ccc(F)c(N4CCCNC4=O)c3)cs2)cc1. The van der Waals surface area contributed by atoms with Gasteiger partial charge in [0.05, 0.1) is 10.7 Å². The van der Waals surface area contributed by atoms with E-state index in [1.54, 1.807) is 5.38 Å². The summed E-state index contributed by atoms with van der Waals surface area (Å²) in [5.41, 5.74) is 3.18. The van der Waals surface area contributed by atoms with Crippen LogP contribution in [0.15, 0.2) is 47.8 Å². The van der Waals surface area contributed by atoms with Gasteiger partial charge in [0, 0.05) is 30.6 Å². The summed E-state index contributed by atoms with van der Waals surface area (Å²) in [6.07, 6.45) is 1.38. The third-order valence-corrected chi connectivity index (χ3v) is 5.68. The van der Waals surface area contributed by atoms with Crippen LogP contribution in [0.4, 0.5) is 20.6 Å². The average Bonchev–Trinajstić information content (AvgIpc) is 3.20. The lowest BCUT2D eigenvalue weighted by molar-refractivity contribution is 0.102. The van der Waals surface area contributed by atoms with Gasteiger partial charge in [-0.3, -0.25) is 9.69 Å². The van der Waals surface area contributed by atoms with Gasteiger partial charge in [-0.15, -0.1) is 11.3 Å². The van der Waals surface area contributed by atoms with Crippen molar-refractivity contribution in [1.82, 2.24) is 10.3 Å². The number of aryl methyl sites for hydroxylation is 1. The second kappa shape index (κ2) is 8.62. The Hall–Kier alpha value is -3.26. The largest absolute Gasteiger partial charge is 0.338 e. The van der Waals surface area contributed by atoms with E-state index in [4.69, 9.17) is 0 Å². The molecule has 4 rings (SSSR count). The first kappa shape index (κ1) is 20.0. The van der Waals surface area contributed by atoms with Crippen LogP contribution in [0.3, 0.4) is 0 Å². The van der Waals surface area contributed by atoms with E-state index >= 15 is 0 Å². The van der Waals surface area contributed by atoms with Crippen molar-refractivity contribution in [1.29, 1.82) is 0 Å². The zero-order valence-electron chi connectivity index (χ0n) is 16.4. The first-order chi connectivity index (χ1) is 14.5. The number of carbonyl (C=O) groups excluding carboxylic acids is 2. The minimum absolute atomic E-state index is 0.142. The van der Waals surface area contributed by atoms with Gasteiger partial charge >= 0.3 is 6.03 Å². The standard InChI is InChI=1S/C22H21FN4O2S/c1-14-3-5-15(6-4-14)11-20-26-18(13-30-20)21(28)25-16-7-8-17(23)19(12-16)27-10-2-9-24-22(27)29/h3-8,12-13H,2,9-11H2,1H3,(H,24,29)(H,25,28). The number of urea groups is 1. The fourth-order valence-electron chi connectivity index (χ4n) is 3.23. The average molecular weight is 425 g/mol. The Kier molecular flexibility index (Phi) is 5.76. The minimum Gasteiger partial charge on any atom is -0.338 e. The highest BCUT2D eigenvalue weighted by atomic mass is 32.1. The summed E-state index contributed by atoms with van der Waals surface area (Å²) < 4.78 is 14.3. The molecule has 1 aliphatic rings. The maximum absolute atomic E-state index is 14.3. The van der Waals surface area contributed by atoms with Crippen LogP contribution < -0.4 is 15.5 Å². The van der Waals surface area contributed by atoms with E-state index < -0.39 is 5.82 Å². The number of carbonyl (C=O) groups is 2. The van der Waals surface area contributed by atoms with Crippen molar-refractivity contribution in [3.63, 3.8) is 0 Å². The Morgan fingerprint density at radius 3 is 2.83 bits per heavy atom. The van der Waals surface area contributed by atoms with E-state index in [0.29, 0.717) is 30.9 Å². The molecule has 2 heterocycles. The number of rotatable bonds is 5. The van der Waals surface area contributed by atoms with Gasteiger partial charge in [0.1, 0.15) is 11.5 Å². The second-order valence-electron chi connectivity index (χ2n) is 7.15. The Morgan fingerprint density at radius 1 is 1.27 bits per heavy atom. The Morgan fingerprint density at radius 2 is 2.07 bits per heavy atom. The number of hydrogen-bond donors (Lipinski definition) is 2. The smallest absolute Gasteiger partial charge is 0.321 e. The molecule has 0 atom stereocenters. The molecule has 6 nitrogen and oxygen atoms in total. The summed E-state index contributed by atoms with van der Waals surface area (Å²) in [4.78, 5) is 30.4. The summed E-state index contributed by atoms with van der Waals surface area (Å²) >= 11 is 1.42. The number of thiazole rings is 1. The molecule has 1 aliphatic heterocycles. The zero-order chi connectivity index (χ0) is 21.1. The first-order valence-electron chi connectivity index (χ1n) is 9.66. The predicted molar refractivity (Wildman–Crippen MR) is 116 cm³/mol. The molecule has 3 aromatic rings. The lowest BCUT2D eigenvalue weighted by Crippen LogP contribution is -2.46. The van der Waals surface area contributed by atoms with Gasteiger partial charge in [0.2, 0.25) is 0 Å². The maximum atomic E-state index is 14.3. The van der Waals surface area contributed by atoms with Gasteiger partial charge in [-0.2, -0.15) is 0 Å². The molecule has 0 radical (unpaired) electrons. The molecule has 1 aromatic heterocycles. The van der Waals surface area contributed by atoms with Crippen molar-refractivity contribution in [2.45, 2.75) is 19.8 Å². The lowest BCUT2D eigenvalue weighted by atomic mass is 10.1. The van der Waals surface area contributed by atoms with Crippen molar-refractivity contribution in [2.75, 3.05) is 23.3 Å². The molecule has 30 heavy (non-hydrogen) atoms. The Balaban J connectivity index is 1.46. The Labute approximate surface area is 177 Å². The van der Waals surface area contributed by atoms with E-state index in [9.17, 15) is 14.0 Å². The van der Waals surface area contributed by atoms with Crippen LogP contribution in [-0.2, 0) is 6.42 Å². The molecule has 8 heteroatoms. The summed E-state index contributed by atoms with van der Waals surface area (Å²) in [5.74, 6) is -0.888. The van der Waals surface area contributed by atoms with Gasteiger partial charge in [0.15, 0.2) is 0 Å². The lowest BCUT2D eigenvalue weighted by Gasteiger charge is -2.28. The molecule has 1 saturated heterocycles. The summed E-state index contributed by atoms with van der Waals surface area (Å²) in [5, 5.41) is 7.99. The maximum Gasteiger partial charge on any atom is 0.321 e. The number of nitrogens with zero attached hydrogens (tertiary/aromatic N) is 2. The molecule has 0 bridgehead atoms.